The number of hydrogen-bond donors (Lipinski definition) is 1. The zero-order valence-corrected chi connectivity index (χ0v) is 11.7. The van der Waals surface area contributed by atoms with Gasteiger partial charge in [0.1, 0.15) is 0 Å². The highest BCUT2D eigenvalue weighted by Crippen LogP contribution is 2.11. The molecule has 0 saturated carbocycles. The van der Waals surface area contributed by atoms with Crippen LogP contribution in [0, 0.1) is 0 Å². The predicted octanol–water partition coefficient (Wildman–Crippen LogP) is 1.51. The monoisotopic (exact) mass is 306 g/mol. The molecule has 0 aromatic carbocycles. The Kier molecular flexibility index (Phi) is 6.32. The van der Waals surface area contributed by atoms with Gasteiger partial charge in [0.25, 0.3) is 0 Å². The van der Waals surface area contributed by atoms with Crippen molar-refractivity contribution in [1.29, 1.82) is 0 Å². The molecule has 1 aliphatic heterocycles. The van der Waals surface area contributed by atoms with Gasteiger partial charge in [0.05, 0.1) is 6.61 Å². The Bertz CT molecular complexity index is 273. The van der Waals surface area contributed by atoms with Crippen LogP contribution in [0.1, 0.15) is 26.2 Å². The van der Waals surface area contributed by atoms with Crippen LogP contribution in [0.3, 0.4) is 0 Å². The van der Waals surface area contributed by atoms with Crippen molar-refractivity contribution in [2.75, 3.05) is 25.0 Å². The SMILES string of the molecule is CCOC(=O)NC1CCCN(C(=O)CCBr)C1. The van der Waals surface area contributed by atoms with Crippen molar-refractivity contribution >= 4 is 27.9 Å². The number of nitrogens with one attached hydrogen (secondary N) is 1. The Labute approximate surface area is 110 Å². The molecule has 0 bridgehead atoms. The van der Waals surface area contributed by atoms with Gasteiger partial charge in [-0.2, -0.15) is 0 Å². The highest BCUT2D eigenvalue weighted by molar-refractivity contribution is 9.09. The quantitative estimate of drug-likeness (QED) is 0.801. The maximum Gasteiger partial charge on any atom is 0.407 e. The lowest BCUT2D eigenvalue weighted by Gasteiger charge is -2.32. The van der Waals surface area contributed by atoms with Gasteiger partial charge in [-0.1, -0.05) is 15.9 Å². The normalized spacial score (nSPS) is 19.9. The molecule has 6 heteroatoms. The summed E-state index contributed by atoms with van der Waals surface area (Å²) in [6, 6.07) is 0.0158. The third-order valence-electron chi connectivity index (χ3n) is 2.68. The zero-order valence-electron chi connectivity index (χ0n) is 10.1. The number of carbonyl (C=O) groups excluding carboxylic acids is 2. The number of piperidine rings is 1. The summed E-state index contributed by atoms with van der Waals surface area (Å²) in [5, 5.41) is 3.46. The Hall–Kier alpha value is -0.780. The molecule has 1 saturated heterocycles. The predicted molar refractivity (Wildman–Crippen MR) is 68.2 cm³/mol. The van der Waals surface area contributed by atoms with Crippen molar-refractivity contribution in [3.8, 4) is 0 Å². The van der Waals surface area contributed by atoms with Crippen molar-refractivity contribution in [2.24, 2.45) is 0 Å². The van der Waals surface area contributed by atoms with Crippen molar-refractivity contribution in [2.45, 2.75) is 32.2 Å². The van der Waals surface area contributed by atoms with E-state index in [0.29, 0.717) is 24.9 Å². The highest BCUT2D eigenvalue weighted by Gasteiger charge is 2.24. The average molecular weight is 307 g/mol. The largest absolute Gasteiger partial charge is 0.450 e. The van der Waals surface area contributed by atoms with Crippen LogP contribution in [0.15, 0.2) is 0 Å². The van der Waals surface area contributed by atoms with Crippen LogP contribution >= 0.6 is 15.9 Å². The third kappa shape index (κ3) is 4.93. The first-order valence-electron chi connectivity index (χ1n) is 5.94. The number of alkyl halides is 1. The van der Waals surface area contributed by atoms with Gasteiger partial charge in [-0.05, 0) is 19.8 Å². The summed E-state index contributed by atoms with van der Waals surface area (Å²) >= 11 is 3.26. The minimum absolute atomic E-state index is 0.0158. The summed E-state index contributed by atoms with van der Waals surface area (Å²) in [7, 11) is 0. The second-order valence-corrected chi connectivity index (χ2v) is 4.78. The van der Waals surface area contributed by atoms with Gasteiger partial charge in [0.15, 0.2) is 0 Å². The number of amides is 2. The lowest BCUT2D eigenvalue weighted by molar-refractivity contribution is -0.132. The van der Waals surface area contributed by atoms with Crippen molar-refractivity contribution in [3.05, 3.63) is 0 Å². The summed E-state index contributed by atoms with van der Waals surface area (Å²) in [4.78, 5) is 24.8. The minimum atomic E-state index is -0.396. The first-order chi connectivity index (χ1) is 8.17. The zero-order chi connectivity index (χ0) is 12.7. The molecule has 0 aliphatic carbocycles. The van der Waals surface area contributed by atoms with Crippen molar-refractivity contribution in [3.63, 3.8) is 0 Å². The number of alkyl carbamates (subject to hydrolysis) is 1. The van der Waals surface area contributed by atoms with E-state index >= 15 is 0 Å². The molecule has 17 heavy (non-hydrogen) atoms. The molecule has 1 N–H and O–H groups in total. The van der Waals surface area contributed by atoms with Gasteiger partial charge in [0.2, 0.25) is 5.91 Å². The van der Waals surface area contributed by atoms with Gasteiger partial charge < -0.3 is 15.0 Å². The molecule has 0 radical (unpaired) electrons. The Morgan fingerprint density at radius 2 is 2.29 bits per heavy atom. The van der Waals surface area contributed by atoms with Crippen molar-refractivity contribution in [1.82, 2.24) is 10.2 Å². The van der Waals surface area contributed by atoms with Crippen LogP contribution in [-0.2, 0) is 9.53 Å². The van der Waals surface area contributed by atoms with E-state index in [1.807, 2.05) is 4.90 Å². The van der Waals surface area contributed by atoms with E-state index in [9.17, 15) is 9.59 Å². The summed E-state index contributed by atoms with van der Waals surface area (Å²) in [6.07, 6.45) is 1.93. The molecule has 1 aliphatic rings. The van der Waals surface area contributed by atoms with Gasteiger partial charge >= 0.3 is 6.09 Å². The van der Waals surface area contributed by atoms with Crippen LogP contribution in [0.5, 0.6) is 0 Å². The molecule has 0 spiro atoms. The second kappa shape index (κ2) is 7.53. The maximum atomic E-state index is 11.7. The summed E-state index contributed by atoms with van der Waals surface area (Å²) in [6.45, 7) is 3.51. The van der Waals surface area contributed by atoms with Crippen LogP contribution in [-0.4, -0.2) is 48.0 Å². The molecule has 1 rings (SSSR count). The molecule has 1 heterocycles. The number of carbonyl (C=O) groups is 2. The van der Waals surface area contributed by atoms with Gasteiger partial charge in [-0.3, -0.25) is 4.79 Å². The van der Waals surface area contributed by atoms with E-state index in [2.05, 4.69) is 21.2 Å². The van der Waals surface area contributed by atoms with E-state index in [1.165, 1.54) is 0 Å². The van der Waals surface area contributed by atoms with E-state index in [4.69, 9.17) is 4.74 Å². The Morgan fingerprint density at radius 3 is 2.94 bits per heavy atom. The molecule has 1 fully saturated rings. The van der Waals surface area contributed by atoms with Crippen LogP contribution in [0.25, 0.3) is 0 Å². The van der Waals surface area contributed by atoms with Gasteiger partial charge in [-0.25, -0.2) is 4.79 Å². The summed E-state index contributed by atoms with van der Waals surface area (Å²) in [5.74, 6) is 0.136. The Balaban J connectivity index is 2.38. The number of ether oxygens (including phenoxy) is 1. The van der Waals surface area contributed by atoms with E-state index in [1.54, 1.807) is 6.92 Å². The molecule has 2 amide bonds. The fraction of sp³-hybridized carbons (Fsp3) is 0.818. The number of likely N-dealkylation sites (tertiary alicyclic amines) is 1. The minimum Gasteiger partial charge on any atom is -0.450 e. The molecule has 0 aromatic heterocycles. The van der Waals surface area contributed by atoms with Gasteiger partial charge in [-0.15, -0.1) is 0 Å². The fourth-order valence-electron chi connectivity index (χ4n) is 1.90. The van der Waals surface area contributed by atoms with E-state index in [-0.39, 0.29) is 11.9 Å². The lowest BCUT2D eigenvalue weighted by Crippen LogP contribution is -2.49. The van der Waals surface area contributed by atoms with E-state index in [0.717, 1.165) is 19.4 Å². The molecule has 98 valence electrons. The van der Waals surface area contributed by atoms with Gasteiger partial charge in [0, 0.05) is 30.9 Å². The first kappa shape index (κ1) is 14.3. The smallest absolute Gasteiger partial charge is 0.407 e. The Morgan fingerprint density at radius 1 is 1.53 bits per heavy atom. The van der Waals surface area contributed by atoms with Crippen LogP contribution in [0.4, 0.5) is 4.79 Å². The molecule has 1 atom stereocenters. The second-order valence-electron chi connectivity index (χ2n) is 3.98. The standard InChI is InChI=1S/C11H19BrN2O3/c1-2-17-11(16)13-9-4-3-7-14(8-9)10(15)5-6-12/h9H,2-8H2,1H3,(H,13,16). The summed E-state index contributed by atoms with van der Waals surface area (Å²) < 4.78 is 4.83. The number of hydrogen-bond acceptors (Lipinski definition) is 3. The average Bonchev–Trinajstić information content (AvgIpc) is 2.30. The molecule has 0 aromatic rings. The first-order valence-corrected chi connectivity index (χ1v) is 7.06. The summed E-state index contributed by atoms with van der Waals surface area (Å²) in [5.41, 5.74) is 0. The maximum absolute atomic E-state index is 11.7. The topological polar surface area (TPSA) is 58.6 Å². The molecular formula is C11H19BrN2O3. The third-order valence-corrected chi connectivity index (χ3v) is 3.08. The van der Waals surface area contributed by atoms with E-state index < -0.39 is 6.09 Å². The number of nitrogens with zero attached hydrogens (tertiary/aromatic N) is 1. The fourth-order valence-corrected chi connectivity index (χ4v) is 2.24. The van der Waals surface area contributed by atoms with Crippen LogP contribution < -0.4 is 5.32 Å². The molecular weight excluding hydrogens is 288 g/mol. The highest BCUT2D eigenvalue weighted by atomic mass is 79.9. The lowest BCUT2D eigenvalue weighted by atomic mass is 10.1. The molecule has 1 unspecified atom stereocenters. The molecule has 5 nitrogen and oxygen atoms in total. The number of rotatable bonds is 4. The number of halogens is 1. The van der Waals surface area contributed by atoms with Crippen molar-refractivity contribution < 1.29 is 14.3 Å². The van der Waals surface area contributed by atoms with Crippen LogP contribution in [0.2, 0.25) is 0 Å².